The summed E-state index contributed by atoms with van der Waals surface area (Å²) in [5.74, 6) is 1.97. The van der Waals surface area contributed by atoms with Crippen LogP contribution in [0, 0.1) is 17.8 Å². The summed E-state index contributed by atoms with van der Waals surface area (Å²) in [5.41, 5.74) is 0. The number of amides is 2. The molecule has 2 fully saturated rings. The molecule has 118 valence electrons. The Balaban J connectivity index is 1.45. The van der Waals surface area contributed by atoms with Gasteiger partial charge in [0, 0.05) is 19.0 Å². The first-order valence-corrected chi connectivity index (χ1v) is 7.87. The number of rotatable bonds is 5. The van der Waals surface area contributed by atoms with Crippen molar-refractivity contribution in [2.75, 3.05) is 13.2 Å². The topological polar surface area (TPSA) is 67.4 Å². The van der Waals surface area contributed by atoms with Crippen LogP contribution < -0.4 is 15.4 Å². The third-order valence-corrected chi connectivity index (χ3v) is 4.84. The largest absolute Gasteiger partial charge is 0.484 e. The highest BCUT2D eigenvalue weighted by Gasteiger charge is 2.46. The van der Waals surface area contributed by atoms with Crippen molar-refractivity contribution < 1.29 is 14.3 Å². The predicted octanol–water partition coefficient (Wildman–Crippen LogP) is 1.34. The number of ether oxygens (including phenoxy) is 1. The maximum absolute atomic E-state index is 11.9. The number of fused-ring (bicyclic) bond motifs is 1. The molecule has 2 amide bonds. The van der Waals surface area contributed by atoms with Gasteiger partial charge >= 0.3 is 0 Å². The Hall–Kier alpha value is -2.04. The van der Waals surface area contributed by atoms with Gasteiger partial charge < -0.3 is 15.4 Å². The van der Waals surface area contributed by atoms with Gasteiger partial charge in [0.05, 0.1) is 0 Å². The first-order chi connectivity index (χ1) is 10.6. The molecule has 0 radical (unpaired) electrons. The van der Waals surface area contributed by atoms with E-state index in [1.54, 1.807) is 0 Å². The Kier molecular flexibility index (Phi) is 4.32. The zero-order chi connectivity index (χ0) is 15.5. The van der Waals surface area contributed by atoms with Crippen LogP contribution in [0.5, 0.6) is 5.75 Å². The van der Waals surface area contributed by atoms with Gasteiger partial charge in [0.25, 0.3) is 5.91 Å². The Morgan fingerprint density at radius 2 is 2.14 bits per heavy atom. The van der Waals surface area contributed by atoms with Gasteiger partial charge in [-0.3, -0.25) is 9.59 Å². The number of nitrogens with one attached hydrogen (secondary N) is 2. The van der Waals surface area contributed by atoms with Crippen molar-refractivity contribution in [2.45, 2.75) is 25.8 Å². The number of para-hydroxylation sites is 1. The number of hydrogen-bond acceptors (Lipinski definition) is 3. The van der Waals surface area contributed by atoms with Crippen molar-refractivity contribution in [2.24, 2.45) is 17.8 Å². The number of hydrogen-bond donors (Lipinski definition) is 2. The lowest BCUT2D eigenvalue weighted by molar-refractivity contribution is -0.123. The number of benzene rings is 1. The van der Waals surface area contributed by atoms with Crippen molar-refractivity contribution in [3.8, 4) is 5.75 Å². The average Bonchev–Trinajstić information content (AvgIpc) is 2.99. The van der Waals surface area contributed by atoms with Gasteiger partial charge in [-0.2, -0.15) is 0 Å². The van der Waals surface area contributed by atoms with Crippen LogP contribution in [0.4, 0.5) is 0 Å². The minimum absolute atomic E-state index is 0.0242. The standard InChI is InChI=1S/C17H22N2O3/c1-11-7-15-13(8-16(20)19-15)14(11)9-18-17(21)10-22-12-5-3-2-4-6-12/h2-6,11,13-15H,7-10H2,1H3,(H,18,21)(H,19,20)/t11-,13-,14+,15+/m0/s1. The summed E-state index contributed by atoms with van der Waals surface area (Å²) in [5, 5.41) is 5.98. The summed E-state index contributed by atoms with van der Waals surface area (Å²) >= 11 is 0. The van der Waals surface area contributed by atoms with E-state index in [1.165, 1.54) is 0 Å². The average molecular weight is 302 g/mol. The molecule has 5 heteroatoms. The van der Waals surface area contributed by atoms with E-state index in [0.717, 1.165) is 6.42 Å². The lowest BCUT2D eigenvalue weighted by Gasteiger charge is -2.21. The van der Waals surface area contributed by atoms with Gasteiger partial charge in [-0.25, -0.2) is 0 Å². The summed E-state index contributed by atoms with van der Waals surface area (Å²) < 4.78 is 5.44. The molecule has 2 N–H and O–H groups in total. The van der Waals surface area contributed by atoms with E-state index in [9.17, 15) is 9.59 Å². The maximum Gasteiger partial charge on any atom is 0.257 e. The second kappa shape index (κ2) is 6.38. The minimum Gasteiger partial charge on any atom is -0.484 e. The molecule has 1 saturated carbocycles. The minimum atomic E-state index is -0.114. The predicted molar refractivity (Wildman–Crippen MR) is 82.3 cm³/mol. The second-order valence-electron chi connectivity index (χ2n) is 6.32. The van der Waals surface area contributed by atoms with Gasteiger partial charge in [-0.05, 0) is 36.3 Å². The van der Waals surface area contributed by atoms with E-state index in [0.29, 0.717) is 42.5 Å². The van der Waals surface area contributed by atoms with E-state index in [1.807, 2.05) is 30.3 Å². The summed E-state index contributed by atoms with van der Waals surface area (Å²) in [6, 6.07) is 9.60. The first-order valence-electron chi connectivity index (χ1n) is 7.87. The fourth-order valence-electron chi connectivity index (χ4n) is 3.71. The van der Waals surface area contributed by atoms with Crippen molar-refractivity contribution in [3.05, 3.63) is 30.3 Å². The van der Waals surface area contributed by atoms with Gasteiger partial charge in [0.1, 0.15) is 5.75 Å². The van der Waals surface area contributed by atoms with Crippen LogP contribution in [0.15, 0.2) is 30.3 Å². The SMILES string of the molecule is C[C@H]1C[C@H]2NC(=O)C[C@H]2[C@@H]1CNC(=O)COc1ccccc1. The molecule has 0 unspecified atom stereocenters. The molecule has 1 aromatic rings. The highest BCUT2D eigenvalue weighted by atomic mass is 16.5. The molecule has 1 aromatic carbocycles. The molecule has 3 rings (SSSR count). The molecule has 5 nitrogen and oxygen atoms in total. The quantitative estimate of drug-likeness (QED) is 0.862. The molecule has 4 atom stereocenters. The Labute approximate surface area is 130 Å². The van der Waals surface area contributed by atoms with Crippen molar-refractivity contribution in [1.82, 2.24) is 10.6 Å². The zero-order valence-electron chi connectivity index (χ0n) is 12.7. The van der Waals surface area contributed by atoms with E-state index in [4.69, 9.17) is 4.74 Å². The van der Waals surface area contributed by atoms with Crippen LogP contribution in [0.1, 0.15) is 19.8 Å². The van der Waals surface area contributed by atoms with Crippen LogP contribution in [-0.4, -0.2) is 31.0 Å². The fourth-order valence-corrected chi connectivity index (χ4v) is 3.71. The van der Waals surface area contributed by atoms with Crippen molar-refractivity contribution in [3.63, 3.8) is 0 Å². The first kappa shape index (κ1) is 14.9. The normalized spacial score (nSPS) is 29.8. The number of carbonyl (C=O) groups excluding carboxylic acids is 2. The number of carbonyl (C=O) groups is 2. The van der Waals surface area contributed by atoms with Crippen LogP contribution in [0.25, 0.3) is 0 Å². The third-order valence-electron chi connectivity index (χ3n) is 4.84. The molecule has 0 aromatic heterocycles. The van der Waals surface area contributed by atoms with Crippen molar-refractivity contribution in [1.29, 1.82) is 0 Å². The summed E-state index contributed by atoms with van der Waals surface area (Å²) in [7, 11) is 0. The van der Waals surface area contributed by atoms with Crippen LogP contribution in [0.3, 0.4) is 0 Å². The summed E-state index contributed by atoms with van der Waals surface area (Å²) in [6.07, 6.45) is 1.60. The monoisotopic (exact) mass is 302 g/mol. The van der Waals surface area contributed by atoms with Crippen LogP contribution in [-0.2, 0) is 9.59 Å². The fraction of sp³-hybridized carbons (Fsp3) is 0.529. The Morgan fingerprint density at radius 3 is 2.91 bits per heavy atom. The van der Waals surface area contributed by atoms with Gasteiger partial charge in [-0.1, -0.05) is 25.1 Å². The van der Waals surface area contributed by atoms with Gasteiger partial charge in [0.15, 0.2) is 6.61 Å². The lowest BCUT2D eigenvalue weighted by Crippen LogP contribution is -2.36. The molecule has 22 heavy (non-hydrogen) atoms. The third kappa shape index (κ3) is 3.24. The highest BCUT2D eigenvalue weighted by molar-refractivity contribution is 5.79. The van der Waals surface area contributed by atoms with E-state index >= 15 is 0 Å². The lowest BCUT2D eigenvalue weighted by atomic mass is 9.88. The Morgan fingerprint density at radius 1 is 1.36 bits per heavy atom. The van der Waals surface area contributed by atoms with E-state index in [2.05, 4.69) is 17.6 Å². The van der Waals surface area contributed by atoms with Gasteiger partial charge in [0.2, 0.25) is 5.91 Å². The zero-order valence-corrected chi connectivity index (χ0v) is 12.7. The second-order valence-corrected chi connectivity index (χ2v) is 6.32. The molecule has 1 aliphatic carbocycles. The van der Waals surface area contributed by atoms with Crippen LogP contribution >= 0.6 is 0 Å². The smallest absolute Gasteiger partial charge is 0.257 e. The van der Waals surface area contributed by atoms with Crippen molar-refractivity contribution >= 4 is 11.8 Å². The molecule has 1 heterocycles. The van der Waals surface area contributed by atoms with Gasteiger partial charge in [-0.15, -0.1) is 0 Å². The highest BCUT2D eigenvalue weighted by Crippen LogP contribution is 2.41. The molecule has 1 aliphatic heterocycles. The molecule has 2 aliphatic rings. The molecule has 0 spiro atoms. The Bertz CT molecular complexity index is 546. The van der Waals surface area contributed by atoms with E-state index < -0.39 is 0 Å². The van der Waals surface area contributed by atoms with Crippen LogP contribution in [0.2, 0.25) is 0 Å². The van der Waals surface area contributed by atoms with E-state index in [-0.39, 0.29) is 18.4 Å². The summed E-state index contributed by atoms with van der Waals surface area (Å²) in [6.45, 7) is 2.84. The molecule has 1 saturated heterocycles. The maximum atomic E-state index is 11.9. The molecule has 0 bridgehead atoms. The molecular weight excluding hydrogens is 280 g/mol. The summed E-state index contributed by atoms with van der Waals surface area (Å²) in [4.78, 5) is 23.4. The molecular formula is C17H22N2O3.